The van der Waals surface area contributed by atoms with Crippen molar-refractivity contribution in [1.82, 2.24) is 15.1 Å². The standard InChI is InChI=1S/C19H16F3N3O3/c1-12-14(18(25-28-12)16-4-2-3-9-23-16)11-27-13-5-6-15(24-10-13)17(26)7-8-19(20,21)22/h2-6,9-10H,7-8,11H2,1H3. The van der Waals surface area contributed by atoms with Crippen molar-refractivity contribution >= 4 is 5.78 Å². The molecule has 0 fully saturated rings. The lowest BCUT2D eigenvalue weighted by Crippen LogP contribution is -2.11. The minimum atomic E-state index is -4.37. The topological polar surface area (TPSA) is 78.1 Å². The molecule has 0 aliphatic heterocycles. The Kier molecular flexibility index (Phi) is 5.72. The molecule has 3 rings (SSSR count). The van der Waals surface area contributed by atoms with Crippen LogP contribution in [0, 0.1) is 6.92 Å². The van der Waals surface area contributed by atoms with Gasteiger partial charge in [-0.3, -0.25) is 9.78 Å². The Morgan fingerprint density at radius 3 is 2.64 bits per heavy atom. The highest BCUT2D eigenvalue weighted by atomic mass is 19.4. The van der Waals surface area contributed by atoms with E-state index in [4.69, 9.17) is 9.26 Å². The van der Waals surface area contributed by atoms with E-state index in [1.165, 1.54) is 18.3 Å². The van der Waals surface area contributed by atoms with Gasteiger partial charge in [-0.1, -0.05) is 11.2 Å². The normalized spacial score (nSPS) is 11.4. The van der Waals surface area contributed by atoms with Crippen LogP contribution in [0.4, 0.5) is 13.2 Å². The van der Waals surface area contributed by atoms with Crippen molar-refractivity contribution in [3.05, 3.63) is 59.7 Å². The Morgan fingerprint density at radius 2 is 2.00 bits per heavy atom. The number of hydrogen-bond acceptors (Lipinski definition) is 6. The van der Waals surface area contributed by atoms with Gasteiger partial charge in [0, 0.05) is 12.6 Å². The smallest absolute Gasteiger partial charge is 0.389 e. The maximum Gasteiger partial charge on any atom is 0.389 e. The van der Waals surface area contributed by atoms with E-state index >= 15 is 0 Å². The van der Waals surface area contributed by atoms with Gasteiger partial charge in [-0.2, -0.15) is 13.2 Å². The maximum absolute atomic E-state index is 12.2. The summed E-state index contributed by atoms with van der Waals surface area (Å²) in [5.41, 5.74) is 1.88. The Balaban J connectivity index is 1.65. The zero-order valence-corrected chi connectivity index (χ0v) is 14.9. The van der Waals surface area contributed by atoms with Crippen LogP contribution in [-0.4, -0.2) is 27.1 Å². The fraction of sp³-hybridized carbons (Fsp3) is 0.263. The summed E-state index contributed by atoms with van der Waals surface area (Å²) in [7, 11) is 0. The predicted octanol–water partition coefficient (Wildman–Crippen LogP) is 4.54. The van der Waals surface area contributed by atoms with Gasteiger partial charge < -0.3 is 9.26 Å². The average Bonchev–Trinajstić information content (AvgIpc) is 3.05. The summed E-state index contributed by atoms with van der Waals surface area (Å²) in [4.78, 5) is 19.9. The molecule has 3 heterocycles. The van der Waals surface area contributed by atoms with Gasteiger partial charge in [0.15, 0.2) is 5.78 Å². The second-order valence-electron chi connectivity index (χ2n) is 5.99. The minimum absolute atomic E-state index is 0.0352. The van der Waals surface area contributed by atoms with E-state index in [1.54, 1.807) is 25.3 Å². The van der Waals surface area contributed by atoms with E-state index in [2.05, 4.69) is 15.1 Å². The monoisotopic (exact) mass is 391 g/mol. The van der Waals surface area contributed by atoms with E-state index in [9.17, 15) is 18.0 Å². The van der Waals surface area contributed by atoms with Gasteiger partial charge in [0.1, 0.15) is 29.5 Å². The Hall–Kier alpha value is -3.23. The minimum Gasteiger partial charge on any atom is -0.487 e. The van der Waals surface area contributed by atoms with E-state index in [0.29, 0.717) is 28.5 Å². The summed E-state index contributed by atoms with van der Waals surface area (Å²) in [6, 6.07) is 8.24. The predicted molar refractivity (Wildman–Crippen MR) is 92.7 cm³/mol. The van der Waals surface area contributed by atoms with Crippen LogP contribution in [0.25, 0.3) is 11.4 Å². The van der Waals surface area contributed by atoms with Crippen LogP contribution in [0.3, 0.4) is 0 Å². The number of nitrogens with zero attached hydrogens (tertiary/aromatic N) is 3. The Bertz CT molecular complexity index is 939. The number of ketones is 1. The number of ether oxygens (including phenoxy) is 1. The fourth-order valence-corrected chi connectivity index (χ4v) is 2.43. The molecule has 28 heavy (non-hydrogen) atoms. The number of pyridine rings is 2. The van der Waals surface area contributed by atoms with Crippen molar-refractivity contribution in [1.29, 1.82) is 0 Å². The first-order valence-electron chi connectivity index (χ1n) is 8.39. The third-order valence-electron chi connectivity index (χ3n) is 3.93. The van der Waals surface area contributed by atoms with Crippen LogP contribution in [0.1, 0.15) is 34.7 Å². The number of aryl methyl sites for hydroxylation is 1. The third-order valence-corrected chi connectivity index (χ3v) is 3.93. The second kappa shape index (κ2) is 8.20. The van der Waals surface area contributed by atoms with Crippen LogP contribution in [0.5, 0.6) is 5.75 Å². The molecule has 0 aliphatic carbocycles. The van der Waals surface area contributed by atoms with Gasteiger partial charge in [0.05, 0.1) is 23.9 Å². The molecule has 0 unspecified atom stereocenters. The zero-order chi connectivity index (χ0) is 20.1. The lowest BCUT2D eigenvalue weighted by Gasteiger charge is -2.08. The molecule has 0 saturated carbocycles. The average molecular weight is 391 g/mol. The van der Waals surface area contributed by atoms with Gasteiger partial charge in [0.2, 0.25) is 0 Å². The molecule has 0 atom stereocenters. The van der Waals surface area contributed by atoms with Gasteiger partial charge in [-0.05, 0) is 31.2 Å². The van der Waals surface area contributed by atoms with Crippen molar-refractivity contribution in [2.45, 2.75) is 32.5 Å². The molecule has 0 aromatic carbocycles. The largest absolute Gasteiger partial charge is 0.487 e. The lowest BCUT2D eigenvalue weighted by atomic mass is 10.1. The molecule has 0 saturated heterocycles. The summed E-state index contributed by atoms with van der Waals surface area (Å²) in [5, 5.41) is 4.01. The molecule has 3 aromatic heterocycles. The maximum atomic E-state index is 12.2. The summed E-state index contributed by atoms with van der Waals surface area (Å²) >= 11 is 0. The number of rotatable bonds is 7. The van der Waals surface area contributed by atoms with Gasteiger partial charge in [-0.15, -0.1) is 0 Å². The quantitative estimate of drug-likeness (QED) is 0.550. The van der Waals surface area contributed by atoms with Gasteiger partial charge in [0.25, 0.3) is 0 Å². The third kappa shape index (κ3) is 4.93. The van der Waals surface area contributed by atoms with Crippen molar-refractivity contribution in [2.75, 3.05) is 0 Å². The molecule has 0 aliphatic rings. The van der Waals surface area contributed by atoms with Crippen LogP contribution in [0.2, 0.25) is 0 Å². The van der Waals surface area contributed by atoms with Crippen molar-refractivity contribution in [3.63, 3.8) is 0 Å². The van der Waals surface area contributed by atoms with Gasteiger partial charge >= 0.3 is 6.18 Å². The SMILES string of the molecule is Cc1onc(-c2ccccn2)c1COc1ccc(C(=O)CCC(F)(F)F)nc1. The molecule has 6 nitrogen and oxygen atoms in total. The number of halogens is 3. The van der Waals surface area contributed by atoms with Gasteiger partial charge in [-0.25, -0.2) is 4.98 Å². The van der Waals surface area contributed by atoms with Crippen LogP contribution < -0.4 is 4.74 Å². The first kappa shape index (κ1) is 19.5. The van der Waals surface area contributed by atoms with Crippen LogP contribution in [-0.2, 0) is 6.61 Å². The molecule has 0 bridgehead atoms. The molecule has 3 aromatic rings. The molecule has 0 spiro atoms. The fourth-order valence-electron chi connectivity index (χ4n) is 2.43. The van der Waals surface area contributed by atoms with Crippen molar-refractivity contribution in [2.24, 2.45) is 0 Å². The number of hydrogen-bond donors (Lipinski definition) is 0. The number of carbonyl (C=O) groups is 1. The molecule has 0 radical (unpaired) electrons. The first-order valence-corrected chi connectivity index (χ1v) is 8.39. The highest BCUT2D eigenvalue weighted by molar-refractivity contribution is 5.94. The summed E-state index contributed by atoms with van der Waals surface area (Å²) in [5.74, 6) is 0.267. The lowest BCUT2D eigenvalue weighted by molar-refractivity contribution is -0.133. The second-order valence-corrected chi connectivity index (χ2v) is 5.99. The van der Waals surface area contributed by atoms with Crippen molar-refractivity contribution in [3.8, 4) is 17.1 Å². The molecule has 9 heteroatoms. The number of alkyl halides is 3. The number of aromatic nitrogens is 3. The Labute approximate surface area is 158 Å². The van der Waals surface area contributed by atoms with Crippen LogP contribution in [0.15, 0.2) is 47.2 Å². The zero-order valence-electron chi connectivity index (χ0n) is 14.9. The Morgan fingerprint density at radius 1 is 1.18 bits per heavy atom. The van der Waals surface area contributed by atoms with Crippen LogP contribution >= 0.6 is 0 Å². The van der Waals surface area contributed by atoms with E-state index in [-0.39, 0.29) is 12.3 Å². The van der Waals surface area contributed by atoms with E-state index < -0.39 is 24.8 Å². The number of carbonyl (C=O) groups excluding carboxylic acids is 1. The molecule has 146 valence electrons. The molecular weight excluding hydrogens is 375 g/mol. The summed E-state index contributed by atoms with van der Waals surface area (Å²) < 4.78 is 47.5. The highest BCUT2D eigenvalue weighted by Gasteiger charge is 2.28. The molecule has 0 amide bonds. The molecule has 0 N–H and O–H groups in total. The first-order chi connectivity index (χ1) is 13.3. The summed E-state index contributed by atoms with van der Waals surface area (Å²) in [6.07, 6.45) is -3.24. The van der Waals surface area contributed by atoms with Crippen molar-refractivity contribution < 1.29 is 27.2 Å². The summed E-state index contributed by atoms with van der Waals surface area (Å²) in [6.45, 7) is 1.88. The van der Waals surface area contributed by atoms with E-state index in [1.807, 2.05) is 6.07 Å². The highest BCUT2D eigenvalue weighted by Crippen LogP contribution is 2.25. The molecular formula is C19H16F3N3O3. The number of Topliss-reactive ketones (excluding diaryl/α,β-unsaturated/α-hetero) is 1. The van der Waals surface area contributed by atoms with E-state index in [0.717, 1.165) is 0 Å².